The van der Waals surface area contributed by atoms with Crippen molar-refractivity contribution in [3.63, 3.8) is 0 Å². The first-order valence-electron chi connectivity index (χ1n) is 6.01. The zero-order valence-corrected chi connectivity index (χ0v) is 10.6. The second-order valence-electron chi connectivity index (χ2n) is 4.10. The zero-order valence-electron chi connectivity index (χ0n) is 10.6. The lowest BCUT2D eigenvalue weighted by molar-refractivity contribution is -0.137. The van der Waals surface area contributed by atoms with Crippen LogP contribution < -0.4 is 10.9 Å². The minimum Gasteiger partial charge on any atom is -0.461 e. The number of nitrogens with zero attached hydrogens (tertiary/aromatic N) is 1. The van der Waals surface area contributed by atoms with Crippen molar-refractivity contribution in [2.45, 2.75) is 0 Å². The van der Waals surface area contributed by atoms with Gasteiger partial charge in [-0.15, -0.1) is 0 Å². The van der Waals surface area contributed by atoms with E-state index < -0.39 is 5.97 Å². The largest absolute Gasteiger partial charge is 0.461 e. The molecule has 2 aromatic carbocycles. The molecular weight excluding hydrogens is 240 g/mol. The molecule has 98 valence electrons. The van der Waals surface area contributed by atoms with Gasteiger partial charge in [-0.25, -0.2) is 10.6 Å². The number of esters is 1. The molecule has 0 aliphatic heterocycles. The SMILES string of the molecule is C=CC(=O)OCCN(N)c1ccc2ccccc2c1. The van der Waals surface area contributed by atoms with Crippen molar-refractivity contribution in [3.8, 4) is 0 Å². The van der Waals surface area contributed by atoms with Gasteiger partial charge in [0.2, 0.25) is 0 Å². The number of nitrogens with two attached hydrogens (primary N) is 1. The van der Waals surface area contributed by atoms with Gasteiger partial charge in [0.1, 0.15) is 6.61 Å². The highest BCUT2D eigenvalue weighted by Gasteiger charge is 2.04. The van der Waals surface area contributed by atoms with Crippen LogP contribution in [0.1, 0.15) is 0 Å². The molecule has 4 heteroatoms. The molecule has 0 atom stereocenters. The zero-order chi connectivity index (χ0) is 13.7. The minimum atomic E-state index is -0.438. The van der Waals surface area contributed by atoms with E-state index in [0.717, 1.165) is 22.5 Å². The Morgan fingerprint density at radius 2 is 2.00 bits per heavy atom. The lowest BCUT2D eigenvalue weighted by atomic mass is 10.1. The fourth-order valence-corrected chi connectivity index (χ4v) is 1.79. The third-order valence-corrected chi connectivity index (χ3v) is 2.81. The molecule has 0 bridgehead atoms. The second kappa shape index (κ2) is 6.02. The van der Waals surface area contributed by atoms with Crippen LogP contribution in [0.5, 0.6) is 0 Å². The van der Waals surface area contributed by atoms with Crippen LogP contribution in [0.3, 0.4) is 0 Å². The lowest BCUT2D eigenvalue weighted by Crippen LogP contribution is -2.34. The Bertz CT molecular complexity index is 595. The summed E-state index contributed by atoms with van der Waals surface area (Å²) in [4.78, 5) is 10.9. The Hall–Kier alpha value is -2.33. The van der Waals surface area contributed by atoms with Gasteiger partial charge in [-0.1, -0.05) is 36.9 Å². The molecule has 4 nitrogen and oxygen atoms in total. The number of ether oxygens (including phenoxy) is 1. The molecule has 2 N–H and O–H groups in total. The number of carbonyl (C=O) groups is 1. The molecule has 0 amide bonds. The topological polar surface area (TPSA) is 55.6 Å². The molecule has 0 unspecified atom stereocenters. The first kappa shape index (κ1) is 13.1. The number of hydrogen-bond acceptors (Lipinski definition) is 4. The average molecular weight is 256 g/mol. The van der Waals surface area contributed by atoms with Crippen LogP contribution in [0.15, 0.2) is 55.1 Å². The first-order valence-corrected chi connectivity index (χ1v) is 6.01. The average Bonchev–Trinajstić information content (AvgIpc) is 2.46. The minimum absolute atomic E-state index is 0.230. The molecule has 0 heterocycles. The maximum absolute atomic E-state index is 10.9. The molecular formula is C15H16N2O2. The third kappa shape index (κ3) is 3.33. The normalized spacial score (nSPS) is 10.2. The smallest absolute Gasteiger partial charge is 0.330 e. The molecule has 0 saturated heterocycles. The van der Waals surface area contributed by atoms with Crippen molar-refractivity contribution < 1.29 is 9.53 Å². The standard InChI is InChI=1S/C15H16N2O2/c1-2-15(18)19-10-9-17(16)14-8-7-12-5-3-4-6-13(12)11-14/h2-8,11H,1,9-10,16H2. The van der Waals surface area contributed by atoms with Crippen molar-refractivity contribution in [3.05, 3.63) is 55.1 Å². The summed E-state index contributed by atoms with van der Waals surface area (Å²) in [5.41, 5.74) is 0.883. The maximum atomic E-state index is 10.9. The van der Waals surface area contributed by atoms with E-state index in [1.807, 2.05) is 42.5 Å². The van der Waals surface area contributed by atoms with E-state index in [1.54, 1.807) is 5.01 Å². The predicted octanol–water partition coefficient (Wildman–Crippen LogP) is 2.25. The van der Waals surface area contributed by atoms with Crippen LogP contribution in [0.25, 0.3) is 10.8 Å². The number of rotatable bonds is 5. The highest BCUT2D eigenvalue weighted by molar-refractivity contribution is 5.85. The summed E-state index contributed by atoms with van der Waals surface area (Å²) < 4.78 is 4.89. The van der Waals surface area contributed by atoms with Crippen LogP contribution >= 0.6 is 0 Å². The number of hydrazine groups is 1. The summed E-state index contributed by atoms with van der Waals surface area (Å²) in [7, 11) is 0. The molecule has 2 aromatic rings. The summed E-state index contributed by atoms with van der Waals surface area (Å²) in [6, 6.07) is 14.0. The van der Waals surface area contributed by atoms with Gasteiger partial charge in [0.05, 0.1) is 12.2 Å². The second-order valence-corrected chi connectivity index (χ2v) is 4.10. The van der Waals surface area contributed by atoms with E-state index >= 15 is 0 Å². The Labute approximate surface area is 112 Å². The molecule has 0 saturated carbocycles. The summed E-state index contributed by atoms with van der Waals surface area (Å²) >= 11 is 0. The first-order chi connectivity index (χ1) is 9.20. The van der Waals surface area contributed by atoms with Gasteiger partial charge in [0.15, 0.2) is 0 Å². The van der Waals surface area contributed by atoms with E-state index in [-0.39, 0.29) is 6.61 Å². The predicted molar refractivity (Wildman–Crippen MR) is 76.6 cm³/mol. The molecule has 0 spiro atoms. The number of benzene rings is 2. The van der Waals surface area contributed by atoms with Gasteiger partial charge < -0.3 is 9.75 Å². The van der Waals surface area contributed by atoms with Crippen molar-refractivity contribution in [2.75, 3.05) is 18.2 Å². The van der Waals surface area contributed by atoms with Crippen LogP contribution in [0, 0.1) is 0 Å². The number of fused-ring (bicyclic) bond motifs is 1. The summed E-state index contributed by atoms with van der Waals surface area (Å²) in [6.07, 6.45) is 1.14. The van der Waals surface area contributed by atoms with Crippen LogP contribution in [-0.2, 0) is 9.53 Å². The van der Waals surface area contributed by atoms with Crippen LogP contribution in [0.2, 0.25) is 0 Å². The van der Waals surface area contributed by atoms with Gasteiger partial charge in [-0.05, 0) is 22.9 Å². The van der Waals surface area contributed by atoms with E-state index in [1.165, 1.54) is 0 Å². The van der Waals surface area contributed by atoms with Crippen molar-refractivity contribution in [1.29, 1.82) is 0 Å². The van der Waals surface area contributed by atoms with E-state index in [0.29, 0.717) is 6.54 Å². The van der Waals surface area contributed by atoms with E-state index in [2.05, 4.69) is 6.58 Å². The molecule has 0 aromatic heterocycles. The van der Waals surface area contributed by atoms with Gasteiger partial charge in [0.25, 0.3) is 0 Å². The van der Waals surface area contributed by atoms with Crippen molar-refractivity contribution in [1.82, 2.24) is 0 Å². The number of anilines is 1. The number of hydrogen-bond donors (Lipinski definition) is 1. The number of carbonyl (C=O) groups excluding carboxylic acids is 1. The highest BCUT2D eigenvalue weighted by atomic mass is 16.5. The van der Waals surface area contributed by atoms with Gasteiger partial charge in [0, 0.05) is 6.08 Å². The molecule has 0 aliphatic rings. The molecule has 2 rings (SSSR count). The maximum Gasteiger partial charge on any atom is 0.330 e. The van der Waals surface area contributed by atoms with E-state index in [9.17, 15) is 4.79 Å². The monoisotopic (exact) mass is 256 g/mol. The lowest BCUT2D eigenvalue weighted by Gasteiger charge is -2.18. The Balaban J connectivity index is 2.02. The fourth-order valence-electron chi connectivity index (χ4n) is 1.79. The molecule has 19 heavy (non-hydrogen) atoms. The van der Waals surface area contributed by atoms with Gasteiger partial charge >= 0.3 is 5.97 Å². The molecule has 0 fully saturated rings. The fraction of sp³-hybridized carbons (Fsp3) is 0.133. The Kier molecular flexibility index (Phi) is 4.15. The van der Waals surface area contributed by atoms with Crippen LogP contribution in [-0.4, -0.2) is 19.1 Å². The van der Waals surface area contributed by atoms with Gasteiger partial charge in [-0.3, -0.25) is 0 Å². The summed E-state index contributed by atoms with van der Waals surface area (Å²) in [5, 5.41) is 3.85. The molecule has 0 radical (unpaired) electrons. The Morgan fingerprint density at radius 1 is 1.26 bits per heavy atom. The van der Waals surface area contributed by atoms with Crippen LogP contribution in [0.4, 0.5) is 5.69 Å². The van der Waals surface area contributed by atoms with Gasteiger partial charge in [-0.2, -0.15) is 0 Å². The van der Waals surface area contributed by atoms with Crippen molar-refractivity contribution in [2.24, 2.45) is 5.84 Å². The summed E-state index contributed by atoms with van der Waals surface area (Å²) in [5.74, 6) is 5.49. The summed E-state index contributed by atoms with van der Waals surface area (Å²) in [6.45, 7) is 3.99. The van der Waals surface area contributed by atoms with E-state index in [4.69, 9.17) is 10.6 Å². The van der Waals surface area contributed by atoms with Crippen molar-refractivity contribution >= 4 is 22.4 Å². The third-order valence-electron chi connectivity index (χ3n) is 2.81. The highest BCUT2D eigenvalue weighted by Crippen LogP contribution is 2.20. The quantitative estimate of drug-likeness (QED) is 0.386. The Morgan fingerprint density at radius 3 is 2.74 bits per heavy atom. The molecule has 0 aliphatic carbocycles.